The van der Waals surface area contributed by atoms with Gasteiger partial charge in [-0.05, 0) is 52.5 Å². The van der Waals surface area contributed by atoms with Gasteiger partial charge in [0.15, 0.2) is 0 Å². The maximum atomic E-state index is 13.0. The largest absolute Gasteiger partial charge is 0.398 e. The summed E-state index contributed by atoms with van der Waals surface area (Å²) in [5.74, 6) is -0.366. The minimum atomic E-state index is -0.366. The van der Waals surface area contributed by atoms with Gasteiger partial charge in [-0.2, -0.15) is 4.68 Å². The van der Waals surface area contributed by atoms with E-state index < -0.39 is 0 Å². The summed E-state index contributed by atoms with van der Waals surface area (Å²) in [7, 11) is 0. The Bertz CT molecular complexity index is 729. The van der Waals surface area contributed by atoms with Gasteiger partial charge >= 0.3 is 0 Å². The van der Waals surface area contributed by atoms with Crippen LogP contribution in [0.15, 0.2) is 58.6 Å². The molecule has 5 nitrogen and oxygen atoms in total. The van der Waals surface area contributed by atoms with Crippen molar-refractivity contribution in [3.05, 3.63) is 54.3 Å². The molecular weight excluding hydrogens is 277 g/mol. The van der Waals surface area contributed by atoms with Crippen LogP contribution in [-0.2, 0) is 0 Å². The van der Waals surface area contributed by atoms with E-state index in [1.165, 1.54) is 23.9 Å². The number of benzene rings is 2. The van der Waals surface area contributed by atoms with Gasteiger partial charge in [0.05, 0.1) is 5.69 Å². The van der Waals surface area contributed by atoms with Crippen LogP contribution in [0.2, 0.25) is 0 Å². The number of nitrogens with two attached hydrogens (primary N) is 1. The highest BCUT2D eigenvalue weighted by Gasteiger charge is 2.11. The highest BCUT2D eigenvalue weighted by molar-refractivity contribution is 7.99. The Kier molecular flexibility index (Phi) is 3.34. The number of rotatable bonds is 3. The molecule has 0 saturated heterocycles. The van der Waals surface area contributed by atoms with Crippen molar-refractivity contribution >= 4 is 17.4 Å². The Morgan fingerprint density at radius 3 is 2.65 bits per heavy atom. The van der Waals surface area contributed by atoms with Crippen molar-refractivity contribution in [3.8, 4) is 5.69 Å². The molecule has 2 aromatic carbocycles. The van der Waals surface area contributed by atoms with E-state index in [1.54, 1.807) is 10.7 Å². The molecule has 0 bridgehead atoms. The van der Waals surface area contributed by atoms with Crippen LogP contribution < -0.4 is 5.73 Å². The molecule has 0 aliphatic rings. The van der Waals surface area contributed by atoms with Crippen LogP contribution in [0.3, 0.4) is 0 Å². The van der Waals surface area contributed by atoms with E-state index in [0.29, 0.717) is 15.7 Å². The minimum absolute atomic E-state index is 0.359. The van der Waals surface area contributed by atoms with Crippen molar-refractivity contribution in [2.24, 2.45) is 0 Å². The first-order chi connectivity index (χ1) is 9.74. The standard InChI is InChI=1S/C13H10FN5S/c14-9-6-7-12(11(15)8-9)20-13-16-17-18-19(13)10-4-2-1-3-5-10/h1-8H,15H2. The zero-order chi connectivity index (χ0) is 13.9. The molecule has 2 N–H and O–H groups in total. The SMILES string of the molecule is Nc1cc(F)ccc1Sc1nnnn1-c1ccccc1. The molecule has 0 radical (unpaired) electrons. The van der Waals surface area contributed by atoms with Gasteiger partial charge in [-0.3, -0.25) is 0 Å². The van der Waals surface area contributed by atoms with Gasteiger partial charge in [0.25, 0.3) is 0 Å². The van der Waals surface area contributed by atoms with Crippen LogP contribution in [-0.4, -0.2) is 20.2 Å². The molecule has 0 aliphatic carbocycles. The third kappa shape index (κ3) is 2.48. The third-order valence-electron chi connectivity index (χ3n) is 2.61. The molecule has 0 fully saturated rings. The summed E-state index contributed by atoms with van der Waals surface area (Å²) in [6.45, 7) is 0. The number of para-hydroxylation sites is 1. The van der Waals surface area contributed by atoms with E-state index in [1.807, 2.05) is 30.3 Å². The molecule has 20 heavy (non-hydrogen) atoms. The maximum Gasteiger partial charge on any atom is 0.218 e. The smallest absolute Gasteiger partial charge is 0.218 e. The van der Waals surface area contributed by atoms with E-state index >= 15 is 0 Å². The molecule has 100 valence electrons. The summed E-state index contributed by atoms with van der Waals surface area (Å²) in [6, 6.07) is 13.8. The summed E-state index contributed by atoms with van der Waals surface area (Å²) >= 11 is 1.29. The van der Waals surface area contributed by atoms with E-state index in [9.17, 15) is 4.39 Å². The van der Waals surface area contributed by atoms with Gasteiger partial charge in [0.2, 0.25) is 5.16 Å². The summed E-state index contributed by atoms with van der Waals surface area (Å²) in [6.07, 6.45) is 0. The molecule has 7 heteroatoms. The number of hydrogen-bond acceptors (Lipinski definition) is 5. The minimum Gasteiger partial charge on any atom is -0.398 e. The first-order valence-corrected chi connectivity index (χ1v) is 6.62. The average Bonchev–Trinajstić information content (AvgIpc) is 2.91. The first kappa shape index (κ1) is 12.6. The van der Waals surface area contributed by atoms with Crippen molar-refractivity contribution < 1.29 is 4.39 Å². The van der Waals surface area contributed by atoms with E-state index in [0.717, 1.165) is 5.69 Å². The van der Waals surface area contributed by atoms with E-state index in [2.05, 4.69) is 15.5 Å². The number of nitrogens with zero attached hydrogens (tertiary/aromatic N) is 4. The lowest BCUT2D eigenvalue weighted by Gasteiger charge is -2.06. The fraction of sp³-hybridized carbons (Fsp3) is 0. The molecule has 3 rings (SSSR count). The van der Waals surface area contributed by atoms with Crippen molar-refractivity contribution in [3.63, 3.8) is 0 Å². The van der Waals surface area contributed by atoms with Crippen LogP contribution in [0.25, 0.3) is 5.69 Å². The second-order valence-corrected chi connectivity index (χ2v) is 5.00. The third-order valence-corrected chi connectivity index (χ3v) is 3.64. The Morgan fingerprint density at radius 1 is 1.10 bits per heavy atom. The van der Waals surface area contributed by atoms with Crippen LogP contribution in [0.4, 0.5) is 10.1 Å². The molecule has 0 unspecified atom stereocenters. The highest BCUT2D eigenvalue weighted by atomic mass is 32.2. The monoisotopic (exact) mass is 287 g/mol. The second kappa shape index (κ2) is 5.30. The van der Waals surface area contributed by atoms with Crippen molar-refractivity contribution in [2.75, 3.05) is 5.73 Å². The summed E-state index contributed by atoms with van der Waals surface area (Å²) < 4.78 is 14.6. The normalized spacial score (nSPS) is 10.7. The fourth-order valence-electron chi connectivity index (χ4n) is 1.68. The Labute approximate surface area is 118 Å². The average molecular weight is 287 g/mol. The van der Waals surface area contributed by atoms with E-state index in [-0.39, 0.29) is 5.82 Å². The van der Waals surface area contributed by atoms with Gasteiger partial charge < -0.3 is 5.73 Å². The molecular formula is C13H10FN5S. The first-order valence-electron chi connectivity index (χ1n) is 5.81. The lowest BCUT2D eigenvalue weighted by Crippen LogP contribution is -1.99. The molecule has 1 aromatic heterocycles. The summed E-state index contributed by atoms with van der Waals surface area (Å²) in [4.78, 5) is 0.707. The van der Waals surface area contributed by atoms with Crippen molar-refractivity contribution in [1.29, 1.82) is 0 Å². The molecule has 1 heterocycles. The molecule has 0 spiro atoms. The van der Waals surface area contributed by atoms with Gasteiger partial charge in [-0.15, -0.1) is 5.10 Å². The van der Waals surface area contributed by atoms with Gasteiger partial charge in [-0.25, -0.2) is 4.39 Å². The molecule has 0 atom stereocenters. The fourth-order valence-corrected chi connectivity index (χ4v) is 2.50. The predicted octanol–water partition coefficient (Wildman–Crippen LogP) is 2.53. The lowest BCUT2D eigenvalue weighted by molar-refractivity contribution is 0.627. The van der Waals surface area contributed by atoms with Crippen LogP contribution in [0, 0.1) is 5.82 Å². The molecule has 0 amide bonds. The summed E-state index contributed by atoms with van der Waals surface area (Å²) in [5.41, 5.74) is 6.99. The Morgan fingerprint density at radius 2 is 1.90 bits per heavy atom. The zero-order valence-electron chi connectivity index (χ0n) is 10.3. The molecule has 0 aliphatic heterocycles. The summed E-state index contributed by atoms with van der Waals surface area (Å²) in [5, 5.41) is 12.2. The number of hydrogen-bond donors (Lipinski definition) is 1. The topological polar surface area (TPSA) is 69.6 Å². The second-order valence-electron chi connectivity index (χ2n) is 3.99. The number of tetrazole rings is 1. The quantitative estimate of drug-likeness (QED) is 0.750. The van der Waals surface area contributed by atoms with E-state index in [4.69, 9.17) is 5.73 Å². The lowest BCUT2D eigenvalue weighted by atomic mass is 10.3. The van der Waals surface area contributed by atoms with Gasteiger partial charge in [0.1, 0.15) is 5.82 Å². The van der Waals surface area contributed by atoms with Crippen molar-refractivity contribution in [2.45, 2.75) is 10.1 Å². The molecule has 3 aromatic rings. The predicted molar refractivity (Wildman–Crippen MR) is 74.1 cm³/mol. The van der Waals surface area contributed by atoms with Gasteiger partial charge in [0, 0.05) is 10.6 Å². The van der Waals surface area contributed by atoms with Gasteiger partial charge in [-0.1, -0.05) is 18.2 Å². The number of halogens is 1. The van der Waals surface area contributed by atoms with Crippen molar-refractivity contribution in [1.82, 2.24) is 20.2 Å². The molecule has 0 saturated carbocycles. The Hall–Kier alpha value is -2.41. The zero-order valence-corrected chi connectivity index (χ0v) is 11.1. The maximum absolute atomic E-state index is 13.0. The number of aromatic nitrogens is 4. The number of anilines is 1. The highest BCUT2D eigenvalue weighted by Crippen LogP contribution is 2.31. The van der Waals surface area contributed by atoms with Crippen LogP contribution >= 0.6 is 11.8 Å². The van der Waals surface area contributed by atoms with Crippen LogP contribution in [0.5, 0.6) is 0 Å². The Balaban J connectivity index is 1.95. The van der Waals surface area contributed by atoms with Crippen LogP contribution in [0.1, 0.15) is 0 Å². The number of nitrogen functional groups attached to an aromatic ring is 1.